The Kier molecular flexibility index (Phi) is 5.38. The molecule has 0 saturated carbocycles. The highest BCUT2D eigenvalue weighted by Gasteiger charge is 2.21. The number of carbonyl (C=O) groups excluding carboxylic acids is 1. The molecule has 0 heterocycles. The van der Waals surface area contributed by atoms with Gasteiger partial charge in [0.05, 0.1) is 17.8 Å². The molecule has 0 aliphatic rings. The van der Waals surface area contributed by atoms with Crippen LogP contribution in [0.1, 0.15) is 26.3 Å². The van der Waals surface area contributed by atoms with Gasteiger partial charge >= 0.3 is 6.03 Å². The van der Waals surface area contributed by atoms with Crippen LogP contribution < -0.4 is 5.32 Å². The molecule has 106 valence electrons. The molecule has 4 nitrogen and oxygen atoms in total. The number of anilines is 1. The van der Waals surface area contributed by atoms with Gasteiger partial charge in [0.15, 0.2) is 0 Å². The lowest BCUT2D eigenvalue weighted by atomic mass is 10.1. The summed E-state index contributed by atoms with van der Waals surface area (Å²) in [5.74, 6) is 0. The molecule has 2 amide bonds. The van der Waals surface area contributed by atoms with Crippen molar-refractivity contribution >= 4 is 27.6 Å². The number of urea groups is 1. The Bertz CT molecular complexity index is 455. The van der Waals surface area contributed by atoms with E-state index in [1.807, 2.05) is 32.0 Å². The lowest BCUT2D eigenvalue weighted by Gasteiger charge is -2.28. The van der Waals surface area contributed by atoms with E-state index in [2.05, 4.69) is 21.2 Å². The minimum atomic E-state index is -0.905. The second kappa shape index (κ2) is 6.39. The van der Waals surface area contributed by atoms with E-state index in [0.29, 0.717) is 13.1 Å². The third-order valence-electron chi connectivity index (χ3n) is 2.61. The van der Waals surface area contributed by atoms with Crippen molar-refractivity contribution in [3.8, 4) is 0 Å². The van der Waals surface area contributed by atoms with Crippen LogP contribution in [0.4, 0.5) is 10.5 Å². The van der Waals surface area contributed by atoms with Gasteiger partial charge in [-0.25, -0.2) is 4.79 Å². The van der Waals surface area contributed by atoms with Crippen LogP contribution in [-0.2, 0) is 0 Å². The predicted octanol–water partition coefficient (Wildman–Crippen LogP) is 3.38. The molecule has 0 fully saturated rings. The first-order chi connectivity index (χ1) is 8.73. The van der Waals surface area contributed by atoms with Gasteiger partial charge in [0.1, 0.15) is 0 Å². The van der Waals surface area contributed by atoms with Gasteiger partial charge in [-0.05, 0) is 61.3 Å². The Balaban J connectivity index is 2.77. The Morgan fingerprint density at radius 1 is 1.47 bits per heavy atom. The summed E-state index contributed by atoms with van der Waals surface area (Å²) in [5, 5.41) is 12.6. The molecule has 0 spiro atoms. The van der Waals surface area contributed by atoms with E-state index in [-0.39, 0.29) is 6.03 Å². The first-order valence-electron chi connectivity index (χ1n) is 6.27. The Hall–Kier alpha value is -1.07. The number of aliphatic hydroxyl groups is 1. The fraction of sp³-hybridized carbons (Fsp3) is 0.500. The van der Waals surface area contributed by atoms with E-state index < -0.39 is 5.60 Å². The van der Waals surface area contributed by atoms with Gasteiger partial charge in [0.25, 0.3) is 0 Å². The first-order valence-corrected chi connectivity index (χ1v) is 7.06. The van der Waals surface area contributed by atoms with Crippen LogP contribution in [0.5, 0.6) is 0 Å². The first kappa shape index (κ1) is 16.0. The van der Waals surface area contributed by atoms with Crippen LogP contribution in [-0.4, -0.2) is 34.7 Å². The lowest BCUT2D eigenvalue weighted by molar-refractivity contribution is 0.0501. The van der Waals surface area contributed by atoms with Crippen LogP contribution in [0.25, 0.3) is 0 Å². The van der Waals surface area contributed by atoms with E-state index in [1.54, 1.807) is 18.7 Å². The van der Waals surface area contributed by atoms with E-state index in [1.165, 1.54) is 0 Å². The van der Waals surface area contributed by atoms with Gasteiger partial charge in [0.2, 0.25) is 0 Å². The molecule has 19 heavy (non-hydrogen) atoms. The minimum Gasteiger partial charge on any atom is -0.389 e. The number of hydrogen-bond donors (Lipinski definition) is 2. The Labute approximate surface area is 122 Å². The highest BCUT2D eigenvalue weighted by atomic mass is 79.9. The number of amides is 2. The van der Waals surface area contributed by atoms with Crippen molar-refractivity contribution in [1.82, 2.24) is 4.90 Å². The number of hydrogen-bond acceptors (Lipinski definition) is 2. The summed E-state index contributed by atoms with van der Waals surface area (Å²) >= 11 is 3.43. The maximum absolute atomic E-state index is 12.1. The van der Waals surface area contributed by atoms with Crippen LogP contribution in [0.3, 0.4) is 0 Å². The molecule has 0 unspecified atom stereocenters. The zero-order chi connectivity index (χ0) is 14.6. The van der Waals surface area contributed by atoms with E-state index in [4.69, 9.17) is 0 Å². The second-order valence-corrected chi connectivity index (χ2v) is 6.09. The van der Waals surface area contributed by atoms with Crippen LogP contribution in [0, 0.1) is 6.92 Å². The number of nitrogens with zero attached hydrogens (tertiary/aromatic N) is 1. The highest BCUT2D eigenvalue weighted by molar-refractivity contribution is 9.10. The van der Waals surface area contributed by atoms with Crippen LogP contribution >= 0.6 is 15.9 Å². The molecule has 0 aliphatic carbocycles. The SMILES string of the molecule is CCN(CC(C)(C)O)C(=O)Nc1ccc(C)cc1Br. The maximum Gasteiger partial charge on any atom is 0.321 e. The third kappa shape index (κ3) is 5.20. The van der Waals surface area contributed by atoms with Crippen molar-refractivity contribution in [3.63, 3.8) is 0 Å². The summed E-state index contributed by atoms with van der Waals surface area (Å²) < 4.78 is 0.847. The van der Waals surface area contributed by atoms with Gasteiger partial charge in [-0.1, -0.05) is 6.07 Å². The molecule has 0 radical (unpaired) electrons. The molecule has 1 aromatic rings. The van der Waals surface area contributed by atoms with Crippen LogP contribution in [0.2, 0.25) is 0 Å². The standard InChI is InChI=1S/C14H21BrN2O2/c1-5-17(9-14(3,4)19)13(18)16-12-7-6-10(2)8-11(12)15/h6-8,19H,5,9H2,1-4H3,(H,16,18). The second-order valence-electron chi connectivity index (χ2n) is 5.24. The molecule has 0 bridgehead atoms. The third-order valence-corrected chi connectivity index (χ3v) is 3.27. The topological polar surface area (TPSA) is 52.6 Å². The van der Waals surface area contributed by atoms with Gasteiger partial charge in [-0.2, -0.15) is 0 Å². The van der Waals surface area contributed by atoms with Crippen molar-refractivity contribution in [2.75, 3.05) is 18.4 Å². The number of aryl methyl sites for hydroxylation is 1. The number of nitrogens with one attached hydrogen (secondary N) is 1. The summed E-state index contributed by atoms with van der Waals surface area (Å²) in [6.07, 6.45) is 0. The number of halogens is 1. The number of benzene rings is 1. The molecule has 1 rings (SSSR count). The molecular weight excluding hydrogens is 308 g/mol. The van der Waals surface area contributed by atoms with Crippen molar-refractivity contribution in [3.05, 3.63) is 28.2 Å². The summed E-state index contributed by atoms with van der Waals surface area (Å²) in [4.78, 5) is 13.7. The van der Waals surface area contributed by atoms with E-state index in [9.17, 15) is 9.90 Å². The lowest BCUT2D eigenvalue weighted by Crippen LogP contribution is -2.44. The van der Waals surface area contributed by atoms with Gasteiger partial charge in [-0.15, -0.1) is 0 Å². The molecule has 2 N–H and O–H groups in total. The maximum atomic E-state index is 12.1. The Morgan fingerprint density at radius 2 is 2.11 bits per heavy atom. The average Bonchev–Trinajstić information content (AvgIpc) is 2.28. The fourth-order valence-corrected chi connectivity index (χ4v) is 2.30. The van der Waals surface area contributed by atoms with Gasteiger partial charge in [-0.3, -0.25) is 0 Å². The van der Waals surface area contributed by atoms with Crippen molar-refractivity contribution in [2.45, 2.75) is 33.3 Å². The van der Waals surface area contributed by atoms with Gasteiger partial charge in [0, 0.05) is 11.0 Å². The molecule has 0 atom stereocenters. The zero-order valence-electron chi connectivity index (χ0n) is 11.8. The molecule has 1 aromatic carbocycles. The van der Waals surface area contributed by atoms with E-state index in [0.717, 1.165) is 15.7 Å². The normalized spacial score (nSPS) is 11.3. The number of carbonyl (C=O) groups is 1. The summed E-state index contributed by atoms with van der Waals surface area (Å²) in [6.45, 7) is 8.08. The van der Waals surface area contributed by atoms with E-state index >= 15 is 0 Å². The molecular formula is C14H21BrN2O2. The van der Waals surface area contributed by atoms with Crippen molar-refractivity contribution < 1.29 is 9.90 Å². The zero-order valence-corrected chi connectivity index (χ0v) is 13.4. The quantitative estimate of drug-likeness (QED) is 0.890. The smallest absolute Gasteiger partial charge is 0.321 e. The monoisotopic (exact) mass is 328 g/mol. The predicted molar refractivity (Wildman–Crippen MR) is 81.4 cm³/mol. The van der Waals surface area contributed by atoms with Gasteiger partial charge < -0.3 is 15.3 Å². The van der Waals surface area contributed by atoms with Crippen LogP contribution in [0.15, 0.2) is 22.7 Å². The Morgan fingerprint density at radius 3 is 2.58 bits per heavy atom. The summed E-state index contributed by atoms with van der Waals surface area (Å²) in [7, 11) is 0. The summed E-state index contributed by atoms with van der Waals surface area (Å²) in [6, 6.07) is 5.53. The average molecular weight is 329 g/mol. The molecule has 0 aliphatic heterocycles. The highest BCUT2D eigenvalue weighted by Crippen LogP contribution is 2.23. The summed E-state index contributed by atoms with van der Waals surface area (Å²) in [5.41, 5.74) is 0.941. The van der Waals surface area contributed by atoms with Crippen molar-refractivity contribution in [2.24, 2.45) is 0 Å². The fourth-order valence-electron chi connectivity index (χ4n) is 1.71. The number of likely N-dealkylation sites (N-methyl/N-ethyl adjacent to an activating group) is 1. The number of rotatable bonds is 4. The largest absolute Gasteiger partial charge is 0.389 e. The van der Waals surface area contributed by atoms with Crippen molar-refractivity contribution in [1.29, 1.82) is 0 Å². The molecule has 0 aromatic heterocycles. The molecule has 5 heteroatoms. The molecule has 0 saturated heterocycles. The minimum absolute atomic E-state index is 0.214.